The molecule has 1 saturated heterocycles. The minimum absolute atomic E-state index is 0.0141. The number of methoxy groups -OCH3 is 1. The van der Waals surface area contributed by atoms with Crippen LogP contribution in [0.1, 0.15) is 22.3 Å². The number of nitrogens with zero attached hydrogens (tertiary/aromatic N) is 2. The van der Waals surface area contributed by atoms with Crippen molar-refractivity contribution >= 4 is 62.2 Å². The number of ether oxygens (including phenoxy) is 2. The molecule has 1 aliphatic rings. The van der Waals surface area contributed by atoms with Crippen LogP contribution in [-0.4, -0.2) is 40.5 Å². The summed E-state index contributed by atoms with van der Waals surface area (Å²) >= 11 is 4.21. The number of nitro groups is 1. The van der Waals surface area contributed by atoms with Gasteiger partial charge < -0.3 is 14.8 Å². The molecule has 40 heavy (non-hydrogen) atoms. The van der Waals surface area contributed by atoms with E-state index in [0.29, 0.717) is 27.2 Å². The van der Waals surface area contributed by atoms with Crippen molar-refractivity contribution in [1.29, 1.82) is 0 Å². The summed E-state index contributed by atoms with van der Waals surface area (Å²) in [6, 6.07) is 14.8. The van der Waals surface area contributed by atoms with Crippen molar-refractivity contribution in [3.05, 3.63) is 96.3 Å². The number of halogens is 1. The lowest BCUT2D eigenvalue weighted by Gasteiger charge is -2.14. The summed E-state index contributed by atoms with van der Waals surface area (Å²) in [6.07, 6.45) is 1.54. The molecule has 0 bridgehead atoms. The van der Waals surface area contributed by atoms with Gasteiger partial charge in [-0.2, -0.15) is 0 Å². The highest BCUT2D eigenvalue weighted by Gasteiger charge is 2.36. The number of rotatable bonds is 9. The Hall–Kier alpha value is -4.16. The van der Waals surface area contributed by atoms with Crippen LogP contribution in [0.2, 0.25) is 0 Å². The molecule has 1 aliphatic heterocycles. The van der Waals surface area contributed by atoms with Crippen molar-refractivity contribution in [2.75, 3.05) is 19.0 Å². The summed E-state index contributed by atoms with van der Waals surface area (Å²) in [7, 11) is 1.47. The summed E-state index contributed by atoms with van der Waals surface area (Å²) in [5.74, 6) is -0.275. The first-order valence-corrected chi connectivity index (χ1v) is 13.5. The van der Waals surface area contributed by atoms with Crippen molar-refractivity contribution in [3.8, 4) is 11.5 Å². The molecule has 3 amide bonds. The molecule has 0 saturated carbocycles. The van der Waals surface area contributed by atoms with Crippen LogP contribution in [0, 0.1) is 24.0 Å². The molecule has 3 aromatic rings. The lowest BCUT2D eigenvalue weighted by Crippen LogP contribution is -2.36. The van der Waals surface area contributed by atoms with E-state index in [-0.39, 0.29) is 17.2 Å². The summed E-state index contributed by atoms with van der Waals surface area (Å²) < 4.78 is 11.9. The van der Waals surface area contributed by atoms with E-state index in [1.807, 2.05) is 26.0 Å². The Morgan fingerprint density at radius 1 is 1.07 bits per heavy atom. The van der Waals surface area contributed by atoms with Gasteiger partial charge in [-0.1, -0.05) is 22.0 Å². The predicted octanol–water partition coefficient (Wildman–Crippen LogP) is 6.24. The molecule has 4 rings (SSSR count). The molecule has 12 heteroatoms. The van der Waals surface area contributed by atoms with Crippen LogP contribution in [-0.2, 0) is 16.2 Å². The summed E-state index contributed by atoms with van der Waals surface area (Å²) in [6.45, 7) is 3.62. The van der Waals surface area contributed by atoms with E-state index in [4.69, 9.17) is 9.47 Å². The zero-order chi connectivity index (χ0) is 29.0. The Labute approximate surface area is 242 Å². The summed E-state index contributed by atoms with van der Waals surface area (Å²) in [5, 5.41) is 13.0. The largest absolute Gasteiger partial charge is 0.493 e. The van der Waals surface area contributed by atoms with Gasteiger partial charge in [0.05, 0.1) is 16.9 Å². The van der Waals surface area contributed by atoms with Crippen molar-refractivity contribution in [2.24, 2.45) is 0 Å². The molecular weight excluding hydrogens is 602 g/mol. The zero-order valence-corrected chi connectivity index (χ0v) is 24.1. The number of carbonyl (C=O) groups is 3. The third-order valence-electron chi connectivity index (χ3n) is 6.08. The molecule has 0 aromatic heterocycles. The van der Waals surface area contributed by atoms with Gasteiger partial charge in [-0.3, -0.25) is 29.4 Å². The van der Waals surface area contributed by atoms with Gasteiger partial charge in [-0.05, 0) is 90.3 Å². The first kappa shape index (κ1) is 28.8. The van der Waals surface area contributed by atoms with Gasteiger partial charge in [0, 0.05) is 22.3 Å². The standard InChI is InChI=1S/C28H24BrN3O7S/c1-16-4-7-20(10-17(16)2)30-26(33)14-31-27(34)25(40-28(31)35)12-19-11-23(38-3)24(13-22(19)29)39-15-18-5-8-21(9-6-18)32(36)37/h4-13H,14-15H2,1-3H3,(H,30,33)/b25-12+. The third kappa shape index (κ3) is 6.69. The number of thioether (sulfide) groups is 1. The molecule has 0 radical (unpaired) electrons. The zero-order valence-electron chi connectivity index (χ0n) is 21.7. The van der Waals surface area contributed by atoms with Crippen LogP contribution < -0.4 is 14.8 Å². The van der Waals surface area contributed by atoms with Crippen molar-refractivity contribution in [3.63, 3.8) is 0 Å². The Morgan fingerprint density at radius 2 is 1.80 bits per heavy atom. The maximum atomic E-state index is 13.0. The second kappa shape index (κ2) is 12.3. The van der Waals surface area contributed by atoms with E-state index in [1.165, 1.54) is 19.2 Å². The number of aryl methyl sites for hydroxylation is 2. The number of nitro benzene ring substituents is 1. The maximum absolute atomic E-state index is 13.0. The van der Waals surface area contributed by atoms with Gasteiger partial charge in [-0.25, -0.2) is 0 Å². The molecule has 0 aliphatic carbocycles. The van der Waals surface area contributed by atoms with E-state index in [0.717, 1.165) is 33.4 Å². The molecular formula is C28H24BrN3O7S. The average Bonchev–Trinajstić information content (AvgIpc) is 3.18. The van der Waals surface area contributed by atoms with Crippen LogP contribution in [0.25, 0.3) is 6.08 Å². The highest BCUT2D eigenvalue weighted by molar-refractivity contribution is 9.10. The molecule has 1 N–H and O–H groups in total. The normalized spacial score (nSPS) is 14.0. The molecule has 1 heterocycles. The van der Waals surface area contributed by atoms with Crippen LogP contribution in [0.3, 0.4) is 0 Å². The Bertz CT molecular complexity index is 1540. The van der Waals surface area contributed by atoms with E-state index < -0.39 is 28.5 Å². The van der Waals surface area contributed by atoms with Crippen LogP contribution in [0.4, 0.5) is 16.2 Å². The van der Waals surface area contributed by atoms with Crippen LogP contribution in [0.15, 0.2) is 64.0 Å². The molecule has 1 fully saturated rings. The fraction of sp³-hybridized carbons (Fsp3) is 0.179. The Morgan fingerprint density at radius 3 is 2.45 bits per heavy atom. The van der Waals surface area contributed by atoms with E-state index >= 15 is 0 Å². The molecule has 0 unspecified atom stereocenters. The number of imide groups is 1. The number of non-ortho nitro benzene ring substituents is 1. The molecule has 0 atom stereocenters. The minimum atomic E-state index is -0.574. The van der Waals surface area contributed by atoms with Gasteiger partial charge in [0.1, 0.15) is 13.2 Å². The minimum Gasteiger partial charge on any atom is -0.493 e. The summed E-state index contributed by atoms with van der Waals surface area (Å²) in [5.41, 5.74) is 3.95. The van der Waals surface area contributed by atoms with Gasteiger partial charge >= 0.3 is 0 Å². The Balaban J connectivity index is 1.45. The number of carbonyl (C=O) groups excluding carboxylic acids is 3. The van der Waals surface area contributed by atoms with Crippen molar-refractivity contribution < 1.29 is 28.8 Å². The number of amides is 3. The molecule has 206 valence electrons. The maximum Gasteiger partial charge on any atom is 0.294 e. The quantitative estimate of drug-likeness (QED) is 0.168. The predicted molar refractivity (Wildman–Crippen MR) is 155 cm³/mol. The van der Waals surface area contributed by atoms with Crippen LogP contribution >= 0.6 is 27.7 Å². The van der Waals surface area contributed by atoms with Gasteiger partial charge in [-0.15, -0.1) is 0 Å². The number of benzene rings is 3. The third-order valence-corrected chi connectivity index (χ3v) is 7.67. The van der Waals surface area contributed by atoms with Gasteiger partial charge in [0.15, 0.2) is 11.5 Å². The molecule has 10 nitrogen and oxygen atoms in total. The first-order chi connectivity index (χ1) is 19.0. The van der Waals surface area contributed by atoms with E-state index in [1.54, 1.807) is 36.4 Å². The van der Waals surface area contributed by atoms with E-state index in [9.17, 15) is 24.5 Å². The SMILES string of the molecule is COc1cc(/C=C2/SC(=O)N(CC(=O)Nc3ccc(C)c(C)c3)C2=O)c(Br)cc1OCc1ccc([N+](=O)[O-])cc1. The smallest absolute Gasteiger partial charge is 0.294 e. The molecule has 0 spiro atoms. The summed E-state index contributed by atoms with van der Waals surface area (Å²) in [4.78, 5) is 49.5. The topological polar surface area (TPSA) is 128 Å². The first-order valence-electron chi connectivity index (χ1n) is 11.9. The fourth-order valence-electron chi connectivity index (χ4n) is 3.75. The lowest BCUT2D eigenvalue weighted by atomic mass is 10.1. The van der Waals surface area contributed by atoms with Crippen molar-refractivity contribution in [2.45, 2.75) is 20.5 Å². The monoisotopic (exact) mass is 625 g/mol. The highest BCUT2D eigenvalue weighted by atomic mass is 79.9. The second-order valence-electron chi connectivity index (χ2n) is 8.85. The number of nitrogens with one attached hydrogen (secondary N) is 1. The van der Waals surface area contributed by atoms with E-state index in [2.05, 4.69) is 21.2 Å². The van der Waals surface area contributed by atoms with Gasteiger partial charge in [0.25, 0.3) is 16.8 Å². The fourth-order valence-corrected chi connectivity index (χ4v) is 5.02. The highest BCUT2D eigenvalue weighted by Crippen LogP contribution is 2.38. The van der Waals surface area contributed by atoms with Crippen LogP contribution in [0.5, 0.6) is 11.5 Å². The second-order valence-corrected chi connectivity index (χ2v) is 10.7. The number of anilines is 1. The number of hydrogen-bond acceptors (Lipinski definition) is 8. The van der Waals surface area contributed by atoms with Gasteiger partial charge in [0.2, 0.25) is 5.91 Å². The Kier molecular flexibility index (Phi) is 8.90. The van der Waals surface area contributed by atoms with Crippen molar-refractivity contribution in [1.82, 2.24) is 4.90 Å². The average molecular weight is 626 g/mol. The lowest BCUT2D eigenvalue weighted by molar-refractivity contribution is -0.384. The number of hydrogen-bond donors (Lipinski definition) is 1. The molecule has 3 aromatic carbocycles.